The molecule has 0 bridgehead atoms. The van der Waals surface area contributed by atoms with Crippen molar-refractivity contribution in [2.75, 3.05) is 0 Å². The van der Waals surface area contributed by atoms with Gasteiger partial charge < -0.3 is 5.11 Å². The molecule has 2 nitrogen and oxygen atoms in total. The van der Waals surface area contributed by atoms with E-state index in [0.29, 0.717) is 5.57 Å². The van der Waals surface area contributed by atoms with Gasteiger partial charge in [0, 0.05) is 0 Å². The Hall–Kier alpha value is -1.57. The number of carboxylic acid groups (broad SMARTS) is 1. The van der Waals surface area contributed by atoms with E-state index in [2.05, 4.69) is 19.9 Å². The average Bonchev–Trinajstić information content (AvgIpc) is 2.39. The molecule has 1 N–H and O–H groups in total. The Morgan fingerprint density at radius 2 is 2.11 bits per heavy atom. The summed E-state index contributed by atoms with van der Waals surface area (Å²) in [5.41, 5.74) is 3.61. The minimum absolute atomic E-state index is 0.485. The predicted molar refractivity (Wildman–Crippen MR) is 80.1 cm³/mol. The number of carbonyl (C=O) groups is 1. The molecule has 104 valence electrons. The van der Waals surface area contributed by atoms with Crippen molar-refractivity contribution in [3.05, 3.63) is 46.6 Å². The molecule has 0 aromatic rings. The van der Waals surface area contributed by atoms with Gasteiger partial charge in [-0.15, -0.1) is 0 Å². The zero-order valence-corrected chi connectivity index (χ0v) is 12.2. The van der Waals surface area contributed by atoms with Crippen molar-refractivity contribution in [3.63, 3.8) is 0 Å². The third kappa shape index (κ3) is 4.90. The Bertz CT molecular complexity index is 448. The molecule has 0 atom stereocenters. The van der Waals surface area contributed by atoms with Crippen LogP contribution >= 0.6 is 0 Å². The van der Waals surface area contributed by atoms with Gasteiger partial charge in [0.25, 0.3) is 0 Å². The van der Waals surface area contributed by atoms with E-state index in [-0.39, 0.29) is 0 Å². The molecule has 0 spiro atoms. The van der Waals surface area contributed by atoms with E-state index in [4.69, 9.17) is 0 Å². The lowest BCUT2D eigenvalue weighted by atomic mass is 9.91. The molecule has 0 aromatic carbocycles. The number of rotatable bonds is 5. The SMILES string of the molecule is CCC(C)=CC=CC(C)=C(C(=O)O)C1=CCCCC1. The molecule has 0 fully saturated rings. The molecule has 0 amide bonds. The van der Waals surface area contributed by atoms with Crippen molar-refractivity contribution in [2.45, 2.75) is 52.9 Å². The van der Waals surface area contributed by atoms with Crippen LogP contribution in [0.2, 0.25) is 0 Å². The molecule has 0 saturated carbocycles. The summed E-state index contributed by atoms with van der Waals surface area (Å²) in [6, 6.07) is 0. The number of hydrogen-bond donors (Lipinski definition) is 1. The van der Waals surface area contributed by atoms with Crippen LogP contribution in [0.15, 0.2) is 46.6 Å². The second-order valence-electron chi connectivity index (χ2n) is 5.06. The molecule has 1 rings (SSSR count). The van der Waals surface area contributed by atoms with Gasteiger partial charge >= 0.3 is 5.97 Å². The van der Waals surface area contributed by atoms with Gasteiger partial charge in [0.15, 0.2) is 0 Å². The van der Waals surface area contributed by atoms with E-state index < -0.39 is 5.97 Å². The van der Waals surface area contributed by atoms with E-state index in [1.54, 1.807) is 0 Å². The van der Waals surface area contributed by atoms with Crippen molar-refractivity contribution in [1.82, 2.24) is 0 Å². The van der Waals surface area contributed by atoms with Crippen molar-refractivity contribution in [2.24, 2.45) is 0 Å². The normalized spacial score (nSPS) is 18.3. The van der Waals surface area contributed by atoms with Gasteiger partial charge in [-0.05, 0) is 57.1 Å². The fourth-order valence-corrected chi connectivity index (χ4v) is 2.18. The molecular weight excluding hydrogens is 236 g/mol. The van der Waals surface area contributed by atoms with Gasteiger partial charge in [0.2, 0.25) is 0 Å². The summed E-state index contributed by atoms with van der Waals surface area (Å²) in [6.45, 7) is 6.06. The lowest BCUT2D eigenvalue weighted by Crippen LogP contribution is -2.08. The topological polar surface area (TPSA) is 37.3 Å². The minimum Gasteiger partial charge on any atom is -0.478 e. The molecule has 0 saturated heterocycles. The fourth-order valence-electron chi connectivity index (χ4n) is 2.18. The summed E-state index contributed by atoms with van der Waals surface area (Å²) < 4.78 is 0. The first-order chi connectivity index (χ1) is 9.06. The summed E-state index contributed by atoms with van der Waals surface area (Å²) in [5.74, 6) is -0.813. The molecule has 0 aliphatic heterocycles. The highest BCUT2D eigenvalue weighted by Gasteiger charge is 2.17. The van der Waals surface area contributed by atoms with Gasteiger partial charge in [-0.3, -0.25) is 0 Å². The Kier molecular flexibility index (Phi) is 6.34. The van der Waals surface area contributed by atoms with Gasteiger partial charge in [-0.25, -0.2) is 4.79 Å². The van der Waals surface area contributed by atoms with Crippen LogP contribution in [0.5, 0.6) is 0 Å². The highest BCUT2D eigenvalue weighted by Crippen LogP contribution is 2.26. The molecule has 19 heavy (non-hydrogen) atoms. The quantitative estimate of drug-likeness (QED) is 0.569. The zero-order chi connectivity index (χ0) is 14.3. The van der Waals surface area contributed by atoms with Crippen LogP contribution in [0.1, 0.15) is 52.9 Å². The number of hydrogen-bond acceptors (Lipinski definition) is 1. The van der Waals surface area contributed by atoms with Crippen LogP contribution in [0.25, 0.3) is 0 Å². The molecule has 0 heterocycles. The lowest BCUT2D eigenvalue weighted by Gasteiger charge is -2.14. The smallest absolute Gasteiger partial charge is 0.336 e. The van der Waals surface area contributed by atoms with Crippen molar-refractivity contribution in [1.29, 1.82) is 0 Å². The lowest BCUT2D eigenvalue weighted by molar-refractivity contribution is -0.132. The van der Waals surface area contributed by atoms with E-state index in [0.717, 1.165) is 36.8 Å². The van der Waals surface area contributed by atoms with E-state index >= 15 is 0 Å². The Labute approximate surface area is 116 Å². The second-order valence-corrected chi connectivity index (χ2v) is 5.06. The number of allylic oxidation sites excluding steroid dienone is 6. The molecule has 2 heteroatoms. The molecule has 0 aromatic heterocycles. The van der Waals surface area contributed by atoms with Gasteiger partial charge in [-0.2, -0.15) is 0 Å². The van der Waals surface area contributed by atoms with Crippen LogP contribution in [0.4, 0.5) is 0 Å². The van der Waals surface area contributed by atoms with Crippen LogP contribution in [0, 0.1) is 0 Å². The highest BCUT2D eigenvalue weighted by atomic mass is 16.4. The number of carboxylic acids is 1. The molecule has 1 aliphatic rings. The molecule has 1 aliphatic carbocycles. The minimum atomic E-state index is -0.813. The summed E-state index contributed by atoms with van der Waals surface area (Å²) in [4.78, 5) is 11.4. The van der Waals surface area contributed by atoms with Crippen molar-refractivity contribution >= 4 is 5.97 Å². The maximum Gasteiger partial charge on any atom is 0.336 e. The molecule has 0 radical (unpaired) electrons. The summed E-state index contributed by atoms with van der Waals surface area (Å²) in [5, 5.41) is 9.40. The zero-order valence-electron chi connectivity index (χ0n) is 12.2. The van der Waals surface area contributed by atoms with E-state index in [1.165, 1.54) is 12.0 Å². The van der Waals surface area contributed by atoms with Crippen LogP contribution in [0.3, 0.4) is 0 Å². The first kappa shape index (κ1) is 15.5. The first-order valence-electron chi connectivity index (χ1n) is 7.03. The van der Waals surface area contributed by atoms with Crippen LogP contribution in [-0.4, -0.2) is 11.1 Å². The monoisotopic (exact) mass is 260 g/mol. The number of aliphatic carboxylic acids is 1. The van der Waals surface area contributed by atoms with Gasteiger partial charge in [-0.1, -0.05) is 36.8 Å². The van der Waals surface area contributed by atoms with E-state index in [9.17, 15) is 9.90 Å². The average molecular weight is 260 g/mol. The summed E-state index contributed by atoms with van der Waals surface area (Å²) >= 11 is 0. The Morgan fingerprint density at radius 3 is 2.63 bits per heavy atom. The standard InChI is InChI=1S/C17H24O2/c1-4-13(2)9-8-10-14(3)16(17(18)19)15-11-6-5-7-12-15/h8-11H,4-7,12H2,1-3H3,(H,18,19). The Morgan fingerprint density at radius 1 is 1.37 bits per heavy atom. The van der Waals surface area contributed by atoms with Crippen molar-refractivity contribution < 1.29 is 9.90 Å². The van der Waals surface area contributed by atoms with Gasteiger partial charge in [0.05, 0.1) is 5.57 Å². The van der Waals surface area contributed by atoms with Crippen LogP contribution in [-0.2, 0) is 4.79 Å². The maximum atomic E-state index is 11.4. The summed E-state index contributed by atoms with van der Waals surface area (Å²) in [6.07, 6.45) is 13.1. The highest BCUT2D eigenvalue weighted by molar-refractivity contribution is 5.93. The third-order valence-corrected chi connectivity index (χ3v) is 3.50. The predicted octanol–water partition coefficient (Wildman–Crippen LogP) is 4.80. The van der Waals surface area contributed by atoms with Crippen molar-refractivity contribution in [3.8, 4) is 0 Å². The van der Waals surface area contributed by atoms with Gasteiger partial charge in [0.1, 0.15) is 0 Å². The summed E-state index contributed by atoms with van der Waals surface area (Å²) in [7, 11) is 0. The fraction of sp³-hybridized carbons (Fsp3) is 0.471. The third-order valence-electron chi connectivity index (χ3n) is 3.50. The molecule has 0 unspecified atom stereocenters. The van der Waals surface area contributed by atoms with E-state index in [1.807, 2.05) is 25.2 Å². The largest absolute Gasteiger partial charge is 0.478 e. The van der Waals surface area contributed by atoms with Crippen LogP contribution < -0.4 is 0 Å². The first-order valence-corrected chi connectivity index (χ1v) is 7.03. The molecular formula is C17H24O2. The second kappa shape index (κ2) is 7.78. The maximum absolute atomic E-state index is 11.4. The Balaban J connectivity index is 2.98.